The number of aryl methyl sites for hydroxylation is 3. The van der Waals surface area contributed by atoms with Crippen LogP contribution in [0.1, 0.15) is 22.4 Å². The van der Waals surface area contributed by atoms with Crippen molar-refractivity contribution in [3.63, 3.8) is 0 Å². The molecule has 0 spiro atoms. The number of nitrogens with zero attached hydrogens (tertiary/aromatic N) is 6. The molecular weight excluding hydrogens is 392 g/mol. The zero-order valence-corrected chi connectivity index (χ0v) is 17.4. The monoisotopic (exact) mass is 412 g/mol. The molecule has 0 amide bonds. The fraction of sp³-hybridized carbons (Fsp3) is 0.174. The zero-order valence-electron chi connectivity index (χ0n) is 17.4. The van der Waals surface area contributed by atoms with Gasteiger partial charge in [-0.2, -0.15) is 14.6 Å². The van der Waals surface area contributed by atoms with Gasteiger partial charge in [-0.15, -0.1) is 0 Å². The Hall–Kier alpha value is -4.25. The Kier molecular flexibility index (Phi) is 5.33. The molecule has 0 saturated carbocycles. The number of hydrogen-bond acceptors (Lipinski definition) is 6. The van der Waals surface area contributed by atoms with E-state index in [2.05, 4.69) is 21.5 Å². The van der Waals surface area contributed by atoms with Crippen molar-refractivity contribution in [3.8, 4) is 28.8 Å². The van der Waals surface area contributed by atoms with E-state index in [4.69, 9.17) is 4.74 Å². The molecule has 8 heteroatoms. The van der Waals surface area contributed by atoms with E-state index in [0.29, 0.717) is 17.0 Å². The van der Waals surface area contributed by atoms with Crippen molar-refractivity contribution in [1.82, 2.24) is 24.8 Å². The number of benzene rings is 2. The third-order valence-electron chi connectivity index (χ3n) is 4.99. The summed E-state index contributed by atoms with van der Waals surface area (Å²) >= 11 is 0. The largest absolute Gasteiger partial charge is 0.487 e. The molecule has 0 atom stereocenters. The molecule has 8 nitrogen and oxygen atoms in total. The topological polar surface area (TPSA) is 98.6 Å². The Morgan fingerprint density at radius 1 is 1.06 bits per heavy atom. The SMILES string of the molecule is Cc1cccc(-c2ccc(OCc3c(C)cccc3-n3nnn(C)c3=O)c(C#N)c2)n1. The molecule has 4 rings (SSSR count). The summed E-state index contributed by atoms with van der Waals surface area (Å²) in [6.45, 7) is 4.03. The second kappa shape index (κ2) is 8.24. The molecule has 0 aliphatic carbocycles. The summed E-state index contributed by atoms with van der Waals surface area (Å²) in [4.78, 5) is 16.8. The first kappa shape index (κ1) is 20.0. The lowest BCUT2D eigenvalue weighted by atomic mass is 10.1. The summed E-state index contributed by atoms with van der Waals surface area (Å²) in [7, 11) is 1.54. The molecule has 2 aromatic carbocycles. The maximum atomic E-state index is 12.3. The highest BCUT2D eigenvalue weighted by molar-refractivity contribution is 5.64. The van der Waals surface area contributed by atoms with Gasteiger partial charge >= 0.3 is 5.69 Å². The van der Waals surface area contributed by atoms with Crippen LogP contribution in [0.25, 0.3) is 16.9 Å². The standard InChI is InChI=1S/C23H20N6O2/c1-15-6-4-9-21(29-23(30)28(3)26-27-29)19(15)14-31-22-11-10-17(12-18(22)13-24)20-8-5-7-16(2)25-20/h4-12H,14H2,1-3H3. The van der Waals surface area contributed by atoms with E-state index in [1.165, 1.54) is 9.36 Å². The van der Waals surface area contributed by atoms with Crippen LogP contribution in [0.4, 0.5) is 0 Å². The van der Waals surface area contributed by atoms with Gasteiger partial charge in [0.05, 0.1) is 16.9 Å². The van der Waals surface area contributed by atoms with E-state index >= 15 is 0 Å². The maximum absolute atomic E-state index is 12.3. The number of pyridine rings is 1. The van der Waals surface area contributed by atoms with Gasteiger partial charge in [0.2, 0.25) is 0 Å². The van der Waals surface area contributed by atoms with Crippen LogP contribution in [-0.2, 0) is 13.7 Å². The lowest BCUT2D eigenvalue weighted by Crippen LogP contribution is -2.23. The Bertz CT molecular complexity index is 1360. The van der Waals surface area contributed by atoms with Gasteiger partial charge < -0.3 is 4.74 Å². The molecule has 4 aromatic rings. The minimum absolute atomic E-state index is 0.168. The first-order valence-electron chi connectivity index (χ1n) is 9.67. The van der Waals surface area contributed by atoms with E-state index in [-0.39, 0.29) is 12.3 Å². The zero-order chi connectivity index (χ0) is 22.0. The van der Waals surface area contributed by atoms with Crippen LogP contribution in [0, 0.1) is 25.2 Å². The molecule has 0 bridgehead atoms. The number of aromatic nitrogens is 5. The van der Waals surface area contributed by atoms with Gasteiger partial charge in [-0.25, -0.2) is 4.79 Å². The predicted octanol–water partition coefficient (Wildman–Crippen LogP) is 3.10. The van der Waals surface area contributed by atoms with Gasteiger partial charge in [0.15, 0.2) is 0 Å². The van der Waals surface area contributed by atoms with Crippen molar-refractivity contribution in [1.29, 1.82) is 5.26 Å². The molecular formula is C23H20N6O2. The smallest absolute Gasteiger partial charge is 0.368 e. The van der Waals surface area contributed by atoms with Crippen molar-refractivity contribution in [2.45, 2.75) is 20.5 Å². The second-order valence-electron chi connectivity index (χ2n) is 7.15. The van der Waals surface area contributed by atoms with Crippen molar-refractivity contribution in [2.75, 3.05) is 0 Å². The van der Waals surface area contributed by atoms with Crippen molar-refractivity contribution < 1.29 is 4.74 Å². The van der Waals surface area contributed by atoms with E-state index in [0.717, 1.165) is 28.1 Å². The van der Waals surface area contributed by atoms with Crippen LogP contribution < -0.4 is 10.4 Å². The number of nitriles is 1. The van der Waals surface area contributed by atoms with Crippen LogP contribution in [0.5, 0.6) is 5.75 Å². The number of hydrogen-bond donors (Lipinski definition) is 0. The van der Waals surface area contributed by atoms with Crippen LogP contribution >= 0.6 is 0 Å². The third-order valence-corrected chi connectivity index (χ3v) is 4.99. The molecule has 0 fully saturated rings. The van der Waals surface area contributed by atoms with Crippen molar-refractivity contribution in [2.24, 2.45) is 7.05 Å². The fourth-order valence-corrected chi connectivity index (χ4v) is 3.29. The Morgan fingerprint density at radius 2 is 1.87 bits per heavy atom. The highest BCUT2D eigenvalue weighted by Crippen LogP contribution is 2.27. The molecule has 0 saturated heterocycles. The predicted molar refractivity (Wildman–Crippen MR) is 115 cm³/mol. The van der Waals surface area contributed by atoms with Crippen molar-refractivity contribution >= 4 is 0 Å². The molecule has 0 aliphatic heterocycles. The lowest BCUT2D eigenvalue weighted by Gasteiger charge is -2.14. The Labute approximate surface area is 179 Å². The Balaban J connectivity index is 1.65. The van der Waals surface area contributed by atoms with Crippen LogP contribution in [0.3, 0.4) is 0 Å². The summed E-state index contributed by atoms with van der Waals surface area (Å²) in [6, 6.07) is 18.9. The maximum Gasteiger partial charge on any atom is 0.368 e. The molecule has 31 heavy (non-hydrogen) atoms. The van der Waals surface area contributed by atoms with Gasteiger partial charge in [0, 0.05) is 23.9 Å². The summed E-state index contributed by atoms with van der Waals surface area (Å²) in [6.07, 6.45) is 0. The quantitative estimate of drug-likeness (QED) is 0.499. The van der Waals surface area contributed by atoms with E-state index in [1.54, 1.807) is 25.2 Å². The Morgan fingerprint density at radius 3 is 2.58 bits per heavy atom. The van der Waals surface area contributed by atoms with Gasteiger partial charge in [-0.05, 0) is 66.2 Å². The minimum Gasteiger partial charge on any atom is -0.487 e. The first-order valence-corrected chi connectivity index (χ1v) is 9.67. The summed E-state index contributed by atoms with van der Waals surface area (Å²) < 4.78 is 8.41. The van der Waals surface area contributed by atoms with E-state index in [9.17, 15) is 10.1 Å². The van der Waals surface area contributed by atoms with Crippen LogP contribution in [0.15, 0.2) is 59.4 Å². The third kappa shape index (κ3) is 3.94. The second-order valence-corrected chi connectivity index (χ2v) is 7.15. The summed E-state index contributed by atoms with van der Waals surface area (Å²) in [5.74, 6) is 0.458. The van der Waals surface area contributed by atoms with Gasteiger partial charge in [-0.3, -0.25) is 4.98 Å². The normalized spacial score (nSPS) is 10.6. The average molecular weight is 412 g/mol. The minimum atomic E-state index is -0.348. The molecule has 0 N–H and O–H groups in total. The van der Waals surface area contributed by atoms with Gasteiger partial charge in [0.25, 0.3) is 0 Å². The number of rotatable bonds is 5. The highest BCUT2D eigenvalue weighted by atomic mass is 16.5. The van der Waals surface area contributed by atoms with Crippen molar-refractivity contribution in [3.05, 3.63) is 87.5 Å². The van der Waals surface area contributed by atoms with Crippen LogP contribution in [-0.4, -0.2) is 24.8 Å². The summed E-state index contributed by atoms with van der Waals surface area (Å²) in [5.41, 5.74) is 4.93. The van der Waals surface area contributed by atoms with Crippen LogP contribution in [0.2, 0.25) is 0 Å². The summed E-state index contributed by atoms with van der Waals surface area (Å²) in [5, 5.41) is 17.4. The van der Waals surface area contributed by atoms with E-state index in [1.807, 2.05) is 50.2 Å². The first-order chi connectivity index (χ1) is 15.0. The molecule has 0 aliphatic rings. The number of ether oxygens (including phenoxy) is 1. The fourth-order valence-electron chi connectivity index (χ4n) is 3.29. The molecule has 154 valence electrons. The highest BCUT2D eigenvalue weighted by Gasteiger charge is 2.15. The number of tetrazole rings is 1. The van der Waals surface area contributed by atoms with Gasteiger partial charge in [-0.1, -0.05) is 18.2 Å². The average Bonchev–Trinajstić information content (AvgIpc) is 3.11. The van der Waals surface area contributed by atoms with Gasteiger partial charge in [0.1, 0.15) is 18.4 Å². The molecule has 2 heterocycles. The lowest BCUT2D eigenvalue weighted by molar-refractivity contribution is 0.304. The molecule has 2 aromatic heterocycles. The van der Waals surface area contributed by atoms with E-state index < -0.39 is 0 Å². The molecule has 0 radical (unpaired) electrons. The molecule has 0 unspecified atom stereocenters.